The lowest BCUT2D eigenvalue weighted by atomic mass is 9.93. The number of rotatable bonds is 9. The van der Waals surface area contributed by atoms with E-state index in [1.54, 1.807) is 0 Å². The number of fused-ring (bicyclic) bond motifs is 1. The Hall–Kier alpha value is -3.45. The van der Waals surface area contributed by atoms with Crippen LogP contribution in [-0.2, 0) is 24.3 Å². The first kappa shape index (κ1) is 24.3. The van der Waals surface area contributed by atoms with Gasteiger partial charge in [-0.05, 0) is 42.0 Å². The molecule has 0 bridgehead atoms. The van der Waals surface area contributed by atoms with Crippen molar-refractivity contribution in [3.63, 3.8) is 0 Å². The Balaban J connectivity index is 1.36. The van der Waals surface area contributed by atoms with Crippen molar-refractivity contribution in [1.29, 1.82) is 0 Å². The number of carbonyl (C=O) groups is 2. The summed E-state index contributed by atoms with van der Waals surface area (Å²) >= 11 is 1.43. The molecule has 1 N–H and O–H groups in total. The molecule has 1 aliphatic carbocycles. The van der Waals surface area contributed by atoms with Gasteiger partial charge >= 0.3 is 0 Å². The molecule has 0 saturated heterocycles. The number of thiophene rings is 1. The Morgan fingerprint density at radius 1 is 0.972 bits per heavy atom. The third-order valence-corrected chi connectivity index (χ3v) is 7.81. The largest absolute Gasteiger partial charge is 0.351 e. The van der Waals surface area contributed by atoms with E-state index in [1.165, 1.54) is 30.6 Å². The van der Waals surface area contributed by atoms with Crippen molar-refractivity contribution in [1.82, 2.24) is 19.8 Å². The Kier molecular flexibility index (Phi) is 7.76. The zero-order chi connectivity index (χ0) is 24.7. The SMILES string of the molecule is O=C(NCCc1nc2ccccc2n1CC(=O)N(Cc1ccccc1)C1CCCCC1)c1cccs1. The minimum absolute atomic E-state index is 0.0740. The molecule has 2 heterocycles. The van der Waals surface area contributed by atoms with Crippen molar-refractivity contribution in [3.8, 4) is 0 Å². The summed E-state index contributed by atoms with van der Waals surface area (Å²) < 4.78 is 2.04. The van der Waals surface area contributed by atoms with Gasteiger partial charge in [0.2, 0.25) is 5.91 Å². The highest BCUT2D eigenvalue weighted by molar-refractivity contribution is 7.12. The van der Waals surface area contributed by atoms with E-state index in [-0.39, 0.29) is 24.4 Å². The number of imidazole rings is 1. The van der Waals surface area contributed by atoms with Crippen LogP contribution in [0.5, 0.6) is 0 Å². The standard InChI is InChI=1S/C29H32N4O2S/c34-28(32(23-12-5-2-6-13-23)20-22-10-3-1-4-11-22)21-33-25-15-8-7-14-24(25)31-27(33)17-18-30-29(35)26-16-9-19-36-26/h1,3-4,7-11,14-16,19,23H,2,5-6,12-13,17-18,20-21H2,(H,30,35). The van der Waals surface area contributed by atoms with Gasteiger partial charge in [0, 0.05) is 25.6 Å². The smallest absolute Gasteiger partial charge is 0.261 e. The number of amides is 2. The Morgan fingerprint density at radius 3 is 2.53 bits per heavy atom. The summed E-state index contributed by atoms with van der Waals surface area (Å²) in [6.45, 7) is 1.34. The summed E-state index contributed by atoms with van der Waals surface area (Å²) in [6.07, 6.45) is 6.27. The Bertz CT molecular complexity index is 1290. The molecule has 0 spiro atoms. The van der Waals surface area contributed by atoms with Gasteiger partial charge in [-0.25, -0.2) is 4.98 Å². The van der Waals surface area contributed by atoms with E-state index < -0.39 is 0 Å². The summed E-state index contributed by atoms with van der Waals surface area (Å²) in [4.78, 5) is 33.8. The lowest BCUT2D eigenvalue weighted by Gasteiger charge is -2.35. The van der Waals surface area contributed by atoms with Gasteiger partial charge in [-0.1, -0.05) is 67.8 Å². The molecule has 0 unspecified atom stereocenters. The molecule has 2 aromatic carbocycles. The van der Waals surface area contributed by atoms with Crippen molar-refractivity contribution < 1.29 is 9.59 Å². The zero-order valence-corrected chi connectivity index (χ0v) is 21.3. The highest BCUT2D eigenvalue weighted by Gasteiger charge is 2.27. The van der Waals surface area contributed by atoms with Gasteiger partial charge in [0.15, 0.2) is 0 Å². The molecule has 1 saturated carbocycles. The van der Waals surface area contributed by atoms with Crippen LogP contribution in [0.2, 0.25) is 0 Å². The van der Waals surface area contributed by atoms with E-state index in [0.29, 0.717) is 24.4 Å². The molecule has 0 atom stereocenters. The van der Waals surface area contributed by atoms with E-state index in [0.717, 1.165) is 35.3 Å². The minimum Gasteiger partial charge on any atom is -0.351 e. The van der Waals surface area contributed by atoms with Gasteiger partial charge in [-0.15, -0.1) is 11.3 Å². The van der Waals surface area contributed by atoms with E-state index >= 15 is 0 Å². The summed E-state index contributed by atoms with van der Waals surface area (Å²) in [5.74, 6) is 0.868. The number of nitrogens with one attached hydrogen (secondary N) is 1. The number of hydrogen-bond acceptors (Lipinski definition) is 4. The highest BCUT2D eigenvalue weighted by atomic mass is 32.1. The Morgan fingerprint density at radius 2 is 1.75 bits per heavy atom. The van der Waals surface area contributed by atoms with Gasteiger partial charge in [-0.2, -0.15) is 0 Å². The molecule has 186 valence electrons. The zero-order valence-electron chi connectivity index (χ0n) is 20.4. The fourth-order valence-corrected chi connectivity index (χ4v) is 5.74. The lowest BCUT2D eigenvalue weighted by Crippen LogP contribution is -2.42. The molecule has 7 heteroatoms. The monoisotopic (exact) mass is 500 g/mol. The van der Waals surface area contributed by atoms with Crippen molar-refractivity contribution in [2.45, 2.75) is 57.7 Å². The maximum absolute atomic E-state index is 13.9. The summed E-state index contributed by atoms with van der Waals surface area (Å²) in [5, 5.41) is 4.88. The number of hydrogen-bond donors (Lipinski definition) is 1. The maximum Gasteiger partial charge on any atom is 0.261 e. The average Bonchev–Trinajstić information content (AvgIpc) is 3.57. The van der Waals surface area contributed by atoms with Gasteiger partial charge in [0.05, 0.1) is 15.9 Å². The number of nitrogens with zero attached hydrogens (tertiary/aromatic N) is 3. The van der Waals surface area contributed by atoms with Crippen LogP contribution in [0.25, 0.3) is 11.0 Å². The first-order chi connectivity index (χ1) is 17.7. The molecule has 2 amide bonds. The van der Waals surface area contributed by atoms with E-state index in [4.69, 9.17) is 4.98 Å². The second kappa shape index (κ2) is 11.5. The van der Waals surface area contributed by atoms with Crippen LogP contribution in [-0.4, -0.2) is 38.9 Å². The predicted molar refractivity (Wildman–Crippen MR) is 144 cm³/mol. The van der Waals surface area contributed by atoms with Crippen LogP contribution in [0.4, 0.5) is 0 Å². The molecule has 5 rings (SSSR count). The van der Waals surface area contributed by atoms with Gasteiger partial charge < -0.3 is 14.8 Å². The first-order valence-electron chi connectivity index (χ1n) is 12.8. The van der Waals surface area contributed by atoms with Crippen molar-refractivity contribution in [2.24, 2.45) is 0 Å². The number of carbonyl (C=O) groups excluding carboxylic acids is 2. The normalized spacial score (nSPS) is 14.1. The van der Waals surface area contributed by atoms with E-state index in [9.17, 15) is 9.59 Å². The molecule has 36 heavy (non-hydrogen) atoms. The topological polar surface area (TPSA) is 67.2 Å². The molecule has 0 aliphatic heterocycles. The third-order valence-electron chi connectivity index (χ3n) is 6.94. The molecule has 2 aromatic heterocycles. The molecule has 6 nitrogen and oxygen atoms in total. The lowest BCUT2D eigenvalue weighted by molar-refractivity contribution is -0.135. The van der Waals surface area contributed by atoms with E-state index in [1.807, 2.05) is 64.5 Å². The summed E-state index contributed by atoms with van der Waals surface area (Å²) in [6, 6.07) is 22.2. The Labute approximate surface area is 216 Å². The second-order valence-corrected chi connectivity index (χ2v) is 10.3. The molecule has 0 radical (unpaired) electrons. The van der Waals surface area contributed by atoms with Crippen molar-refractivity contribution in [3.05, 3.63) is 88.4 Å². The van der Waals surface area contributed by atoms with Crippen LogP contribution < -0.4 is 5.32 Å². The fourth-order valence-electron chi connectivity index (χ4n) is 5.10. The van der Waals surface area contributed by atoms with Crippen molar-refractivity contribution >= 4 is 34.2 Å². The second-order valence-electron chi connectivity index (χ2n) is 9.39. The van der Waals surface area contributed by atoms with Crippen LogP contribution in [0.1, 0.15) is 53.2 Å². The van der Waals surface area contributed by atoms with Gasteiger partial charge in [-0.3, -0.25) is 9.59 Å². The minimum atomic E-state index is -0.0740. The first-order valence-corrected chi connectivity index (χ1v) is 13.7. The average molecular weight is 501 g/mol. The molecular formula is C29H32N4O2S. The highest BCUT2D eigenvalue weighted by Crippen LogP contribution is 2.25. The fraction of sp³-hybridized carbons (Fsp3) is 0.345. The molecule has 1 aliphatic rings. The van der Waals surface area contributed by atoms with Gasteiger partial charge in [0.1, 0.15) is 12.4 Å². The van der Waals surface area contributed by atoms with Gasteiger partial charge in [0.25, 0.3) is 5.91 Å². The number of benzene rings is 2. The van der Waals surface area contributed by atoms with Crippen LogP contribution in [0.3, 0.4) is 0 Å². The quantitative estimate of drug-likeness (QED) is 0.333. The number of para-hydroxylation sites is 2. The third kappa shape index (κ3) is 5.68. The van der Waals surface area contributed by atoms with E-state index in [2.05, 4.69) is 22.3 Å². The predicted octanol–water partition coefficient (Wildman–Crippen LogP) is 5.43. The van der Waals surface area contributed by atoms with Crippen LogP contribution in [0.15, 0.2) is 72.1 Å². The molecular weight excluding hydrogens is 468 g/mol. The number of aromatic nitrogens is 2. The molecule has 4 aromatic rings. The van der Waals surface area contributed by atoms with Crippen LogP contribution in [0, 0.1) is 0 Å². The summed E-state index contributed by atoms with van der Waals surface area (Å²) in [5.41, 5.74) is 2.98. The molecule has 1 fully saturated rings. The maximum atomic E-state index is 13.9. The van der Waals surface area contributed by atoms with Crippen molar-refractivity contribution in [2.75, 3.05) is 6.54 Å². The van der Waals surface area contributed by atoms with Crippen LogP contribution >= 0.6 is 11.3 Å². The summed E-state index contributed by atoms with van der Waals surface area (Å²) in [7, 11) is 0.